The Hall–Kier alpha value is -0.480. The van der Waals surface area contributed by atoms with Crippen LogP contribution in [0.4, 0.5) is 4.79 Å². The molecule has 0 aromatic rings. The molecular formula is C6H13ClN2O2. The number of halogens is 1. The molecule has 0 unspecified atom stereocenters. The van der Waals surface area contributed by atoms with Crippen LogP contribution in [0.25, 0.3) is 0 Å². The van der Waals surface area contributed by atoms with Crippen LogP contribution in [0.1, 0.15) is 12.8 Å². The summed E-state index contributed by atoms with van der Waals surface area (Å²) in [6.07, 6.45) is 1.21. The van der Waals surface area contributed by atoms with Crippen LogP contribution in [0, 0.1) is 5.92 Å². The maximum Gasteiger partial charge on any atom is 0.404 e. The molecule has 1 fully saturated rings. The van der Waals surface area contributed by atoms with E-state index in [9.17, 15) is 4.79 Å². The Balaban J connectivity index is 0.000001000. The van der Waals surface area contributed by atoms with Gasteiger partial charge in [-0.25, -0.2) is 4.79 Å². The molecule has 0 heterocycles. The number of hydrogen-bond acceptors (Lipinski definition) is 3. The monoisotopic (exact) mass is 180 g/mol. The normalized spacial score (nSPS) is 28.1. The summed E-state index contributed by atoms with van der Waals surface area (Å²) >= 11 is 0. The molecule has 1 aliphatic rings. The van der Waals surface area contributed by atoms with E-state index in [-0.39, 0.29) is 12.4 Å². The molecule has 0 saturated heterocycles. The summed E-state index contributed by atoms with van der Waals surface area (Å²) in [4.78, 5) is 10.1. The number of nitrogens with two attached hydrogens (primary N) is 2. The molecule has 0 aliphatic heterocycles. The van der Waals surface area contributed by atoms with E-state index in [1.807, 2.05) is 0 Å². The van der Waals surface area contributed by atoms with Gasteiger partial charge in [0.05, 0.1) is 6.61 Å². The van der Waals surface area contributed by atoms with Crippen molar-refractivity contribution < 1.29 is 9.53 Å². The topological polar surface area (TPSA) is 78.3 Å². The summed E-state index contributed by atoms with van der Waals surface area (Å²) < 4.78 is 4.58. The van der Waals surface area contributed by atoms with Crippen LogP contribution in [0.15, 0.2) is 0 Å². The molecule has 1 rings (SSSR count). The average molecular weight is 181 g/mol. The largest absolute Gasteiger partial charge is 0.449 e. The van der Waals surface area contributed by atoms with Crippen molar-refractivity contribution in [1.82, 2.24) is 0 Å². The van der Waals surface area contributed by atoms with Gasteiger partial charge in [-0.05, 0) is 18.8 Å². The number of primary amides is 1. The zero-order valence-electron chi connectivity index (χ0n) is 6.16. The van der Waals surface area contributed by atoms with E-state index >= 15 is 0 Å². The third-order valence-corrected chi connectivity index (χ3v) is 1.73. The summed E-state index contributed by atoms with van der Waals surface area (Å²) in [6.45, 7) is 0.434. The van der Waals surface area contributed by atoms with E-state index in [4.69, 9.17) is 11.5 Å². The lowest BCUT2D eigenvalue weighted by Gasteiger charge is -2.31. The quantitative estimate of drug-likeness (QED) is 0.639. The van der Waals surface area contributed by atoms with E-state index < -0.39 is 6.09 Å². The molecule has 0 bridgehead atoms. The SMILES string of the molecule is Cl.NC(=O)OC[C@H]1C[C@H](N)C1. The van der Waals surface area contributed by atoms with Gasteiger partial charge in [0.2, 0.25) is 0 Å². The molecule has 0 spiro atoms. The zero-order chi connectivity index (χ0) is 7.56. The molecule has 0 aromatic heterocycles. The lowest BCUT2D eigenvalue weighted by atomic mass is 9.82. The Bertz CT molecular complexity index is 137. The second kappa shape index (κ2) is 4.41. The van der Waals surface area contributed by atoms with E-state index in [0.717, 1.165) is 12.8 Å². The van der Waals surface area contributed by atoms with Gasteiger partial charge >= 0.3 is 6.09 Å². The van der Waals surface area contributed by atoms with Crippen molar-refractivity contribution in [3.05, 3.63) is 0 Å². The van der Waals surface area contributed by atoms with Gasteiger partial charge in [0, 0.05) is 6.04 Å². The van der Waals surface area contributed by atoms with E-state index in [2.05, 4.69) is 4.74 Å². The van der Waals surface area contributed by atoms with Gasteiger partial charge in [0.15, 0.2) is 0 Å². The van der Waals surface area contributed by atoms with Gasteiger partial charge in [-0.15, -0.1) is 12.4 Å². The summed E-state index contributed by atoms with van der Waals surface area (Å²) in [5.41, 5.74) is 10.3. The molecule has 0 atom stereocenters. The molecule has 0 radical (unpaired) electrons. The number of carbonyl (C=O) groups is 1. The fraction of sp³-hybridized carbons (Fsp3) is 0.833. The van der Waals surface area contributed by atoms with Crippen LogP contribution in [0.5, 0.6) is 0 Å². The smallest absolute Gasteiger partial charge is 0.404 e. The highest BCUT2D eigenvalue weighted by molar-refractivity contribution is 5.85. The Kier molecular flexibility index (Phi) is 4.22. The summed E-state index contributed by atoms with van der Waals surface area (Å²) in [5, 5.41) is 0. The van der Waals surface area contributed by atoms with Crippen molar-refractivity contribution in [3.63, 3.8) is 0 Å². The fourth-order valence-electron chi connectivity index (χ4n) is 1.12. The number of rotatable bonds is 2. The highest BCUT2D eigenvalue weighted by atomic mass is 35.5. The number of hydrogen-bond donors (Lipinski definition) is 2. The minimum absolute atomic E-state index is 0. The van der Waals surface area contributed by atoms with Crippen molar-refractivity contribution in [2.75, 3.05) is 6.61 Å². The molecule has 4 N–H and O–H groups in total. The van der Waals surface area contributed by atoms with Gasteiger partial charge in [0.25, 0.3) is 0 Å². The highest BCUT2D eigenvalue weighted by Crippen LogP contribution is 2.25. The second-order valence-electron chi connectivity index (χ2n) is 2.73. The second-order valence-corrected chi connectivity index (χ2v) is 2.73. The van der Waals surface area contributed by atoms with E-state index in [1.54, 1.807) is 0 Å². The first-order chi connectivity index (χ1) is 4.68. The van der Waals surface area contributed by atoms with Crippen molar-refractivity contribution in [1.29, 1.82) is 0 Å². The summed E-state index contributed by atoms with van der Waals surface area (Å²) in [6, 6.07) is 0.307. The Morgan fingerprint density at radius 3 is 2.45 bits per heavy atom. The molecule has 1 amide bonds. The first kappa shape index (κ1) is 10.5. The molecule has 0 aromatic carbocycles. The molecule has 66 valence electrons. The van der Waals surface area contributed by atoms with Crippen molar-refractivity contribution in [3.8, 4) is 0 Å². The molecular weight excluding hydrogens is 168 g/mol. The lowest BCUT2D eigenvalue weighted by Crippen LogP contribution is -2.39. The first-order valence-corrected chi connectivity index (χ1v) is 3.36. The molecule has 11 heavy (non-hydrogen) atoms. The van der Waals surface area contributed by atoms with Crippen LogP contribution in [-0.2, 0) is 4.74 Å². The molecule has 1 aliphatic carbocycles. The zero-order valence-corrected chi connectivity index (χ0v) is 6.97. The van der Waals surface area contributed by atoms with Gasteiger partial charge in [0.1, 0.15) is 0 Å². The summed E-state index contributed by atoms with van der Waals surface area (Å²) in [7, 11) is 0. The maximum atomic E-state index is 10.1. The molecule has 4 nitrogen and oxygen atoms in total. The van der Waals surface area contributed by atoms with Crippen molar-refractivity contribution >= 4 is 18.5 Å². The Morgan fingerprint density at radius 2 is 2.09 bits per heavy atom. The van der Waals surface area contributed by atoms with Crippen LogP contribution < -0.4 is 11.5 Å². The Labute approximate surface area is 71.7 Å². The molecule has 1 saturated carbocycles. The van der Waals surface area contributed by atoms with Gasteiger partial charge in [-0.1, -0.05) is 0 Å². The van der Waals surface area contributed by atoms with Gasteiger partial charge in [-0.3, -0.25) is 0 Å². The maximum absolute atomic E-state index is 10.1. The highest BCUT2D eigenvalue weighted by Gasteiger charge is 2.26. The summed E-state index contributed by atoms with van der Waals surface area (Å²) in [5.74, 6) is 0.447. The van der Waals surface area contributed by atoms with Crippen molar-refractivity contribution in [2.24, 2.45) is 17.4 Å². The van der Waals surface area contributed by atoms with Gasteiger partial charge < -0.3 is 16.2 Å². The number of amides is 1. The van der Waals surface area contributed by atoms with E-state index in [0.29, 0.717) is 18.6 Å². The third kappa shape index (κ3) is 3.43. The fourth-order valence-corrected chi connectivity index (χ4v) is 1.12. The van der Waals surface area contributed by atoms with Crippen LogP contribution in [-0.4, -0.2) is 18.7 Å². The standard InChI is InChI=1S/C6H12N2O2.ClH/c7-5-1-4(2-5)3-10-6(8)9;/h4-5H,1-3,7H2,(H2,8,9);1H/t4-,5-;. The molecule has 5 heteroatoms. The van der Waals surface area contributed by atoms with E-state index in [1.165, 1.54) is 0 Å². The minimum atomic E-state index is -0.694. The minimum Gasteiger partial charge on any atom is -0.449 e. The average Bonchev–Trinajstić information content (AvgIpc) is 1.77. The van der Waals surface area contributed by atoms with Crippen LogP contribution >= 0.6 is 12.4 Å². The van der Waals surface area contributed by atoms with Crippen LogP contribution in [0.3, 0.4) is 0 Å². The van der Waals surface area contributed by atoms with Crippen molar-refractivity contribution in [2.45, 2.75) is 18.9 Å². The Morgan fingerprint density at radius 1 is 1.55 bits per heavy atom. The van der Waals surface area contributed by atoms with Crippen LogP contribution in [0.2, 0.25) is 0 Å². The first-order valence-electron chi connectivity index (χ1n) is 3.36. The number of ether oxygens (including phenoxy) is 1. The third-order valence-electron chi connectivity index (χ3n) is 1.73. The lowest BCUT2D eigenvalue weighted by molar-refractivity contribution is 0.102. The predicted molar refractivity (Wildman–Crippen MR) is 43.5 cm³/mol. The predicted octanol–water partition coefficient (Wildman–Crippen LogP) is 0.241. The van der Waals surface area contributed by atoms with Gasteiger partial charge in [-0.2, -0.15) is 0 Å². The number of carbonyl (C=O) groups excluding carboxylic acids is 1.